The predicted molar refractivity (Wildman–Crippen MR) is 89.5 cm³/mol. The van der Waals surface area contributed by atoms with Gasteiger partial charge in [0.1, 0.15) is 8.82 Å². The molecule has 11 heteroatoms. The van der Waals surface area contributed by atoms with Gasteiger partial charge in [-0.1, -0.05) is 11.8 Å². The number of halogens is 1. The van der Waals surface area contributed by atoms with Crippen molar-refractivity contribution in [3.63, 3.8) is 0 Å². The molecule has 0 bridgehead atoms. The highest BCUT2D eigenvalue weighted by Gasteiger charge is 2.42. The lowest BCUT2D eigenvalue weighted by Gasteiger charge is -2.26. The predicted octanol–water partition coefficient (Wildman–Crippen LogP) is 0.0441. The normalized spacial score (nSPS) is 24.4. The Labute approximate surface area is 140 Å². The number of thioether (sulfide) groups is 1. The largest absolute Gasteiger partial charge is 0.389 e. The molecule has 2 rings (SSSR count). The van der Waals surface area contributed by atoms with Crippen molar-refractivity contribution in [3.8, 4) is 0 Å². The summed E-state index contributed by atoms with van der Waals surface area (Å²) in [6, 6.07) is 0. The van der Waals surface area contributed by atoms with Crippen LogP contribution < -0.4 is 10.5 Å². The van der Waals surface area contributed by atoms with Gasteiger partial charge in [-0.3, -0.25) is 0 Å². The Balaban J connectivity index is 0.00000242. The fourth-order valence-electron chi connectivity index (χ4n) is 2.05. The maximum atomic E-state index is 12.1. The summed E-state index contributed by atoms with van der Waals surface area (Å²) in [5, 5.41) is 17.8. The van der Waals surface area contributed by atoms with Crippen molar-refractivity contribution < 1.29 is 21.9 Å². The van der Waals surface area contributed by atoms with Crippen LogP contribution in [-0.2, 0) is 19.9 Å². The van der Waals surface area contributed by atoms with Crippen LogP contribution in [0.5, 0.6) is 0 Å². The molecule has 2 aliphatic heterocycles. The number of sulfone groups is 1. The van der Waals surface area contributed by atoms with E-state index in [1.165, 1.54) is 6.08 Å². The molecular weight excluding hydrogens is 372 g/mol. The summed E-state index contributed by atoms with van der Waals surface area (Å²) < 4.78 is 45.9. The number of nitrogens with one attached hydrogen (secondary N) is 1. The molecule has 128 valence electrons. The molecule has 0 fully saturated rings. The lowest BCUT2D eigenvalue weighted by atomic mass is 10.1. The third kappa shape index (κ3) is 4.39. The summed E-state index contributed by atoms with van der Waals surface area (Å²) in [6.45, 7) is 3.48. The molecule has 0 radical (unpaired) electrons. The molecule has 0 saturated heterocycles. The van der Waals surface area contributed by atoms with E-state index < -0.39 is 30.0 Å². The molecule has 4 N–H and O–H groups in total. The second-order valence-electron chi connectivity index (χ2n) is 5.68. The zero-order valence-corrected chi connectivity index (χ0v) is 15.3. The van der Waals surface area contributed by atoms with Crippen molar-refractivity contribution in [2.24, 2.45) is 5.14 Å². The van der Waals surface area contributed by atoms with Crippen LogP contribution in [-0.4, -0.2) is 44.4 Å². The van der Waals surface area contributed by atoms with Gasteiger partial charge in [-0.15, -0.1) is 12.4 Å². The molecule has 22 heavy (non-hydrogen) atoms. The van der Waals surface area contributed by atoms with E-state index in [-0.39, 0.29) is 35.4 Å². The molecule has 1 unspecified atom stereocenters. The standard InChI is InChI=1S/C11H18N2O5S3.ClH/c1-11(2,14)6-13-8-3-4-20(15,16)10-7(8)5-9(19-10)21(12,17)18;/h5,10,13-14H,3-4,6H2,1-2H3,(H2,12,17,18);1H. The Morgan fingerprint density at radius 3 is 2.59 bits per heavy atom. The molecule has 0 spiro atoms. The minimum atomic E-state index is -3.93. The average molecular weight is 391 g/mol. The van der Waals surface area contributed by atoms with Gasteiger partial charge in [-0.25, -0.2) is 22.0 Å². The van der Waals surface area contributed by atoms with Crippen LogP contribution in [0.15, 0.2) is 21.6 Å². The van der Waals surface area contributed by atoms with Crippen LogP contribution in [0, 0.1) is 0 Å². The zero-order valence-electron chi connectivity index (χ0n) is 12.1. The number of primary sulfonamides is 1. The Morgan fingerprint density at radius 2 is 2.09 bits per heavy atom. The highest BCUT2D eigenvalue weighted by Crippen LogP contribution is 2.45. The quantitative estimate of drug-likeness (QED) is 0.618. The summed E-state index contributed by atoms with van der Waals surface area (Å²) in [5.41, 5.74) is 0.0973. The molecule has 2 heterocycles. The first-order valence-electron chi connectivity index (χ1n) is 6.22. The molecule has 2 aliphatic rings. The molecule has 0 aromatic carbocycles. The minimum absolute atomic E-state index is 0. The third-order valence-electron chi connectivity index (χ3n) is 3.08. The lowest BCUT2D eigenvalue weighted by molar-refractivity contribution is 0.0823. The number of hydrogen-bond donors (Lipinski definition) is 3. The fraction of sp³-hybridized carbons (Fsp3) is 0.636. The Bertz CT molecular complexity index is 719. The van der Waals surface area contributed by atoms with E-state index in [0.29, 0.717) is 11.3 Å². The van der Waals surface area contributed by atoms with E-state index in [9.17, 15) is 21.9 Å². The smallest absolute Gasteiger partial charge is 0.244 e. The topological polar surface area (TPSA) is 127 Å². The number of nitrogens with two attached hydrogens (primary N) is 1. The van der Waals surface area contributed by atoms with Crippen LogP contribution in [0.3, 0.4) is 0 Å². The van der Waals surface area contributed by atoms with Crippen molar-refractivity contribution in [1.82, 2.24) is 5.32 Å². The van der Waals surface area contributed by atoms with E-state index in [1.807, 2.05) is 0 Å². The van der Waals surface area contributed by atoms with Gasteiger partial charge in [0.25, 0.3) is 0 Å². The zero-order chi connectivity index (χ0) is 16.1. The second kappa shape index (κ2) is 6.33. The summed E-state index contributed by atoms with van der Waals surface area (Å²) >= 11 is 0.745. The van der Waals surface area contributed by atoms with E-state index in [2.05, 4.69) is 5.32 Å². The van der Waals surface area contributed by atoms with Gasteiger partial charge in [-0.2, -0.15) is 0 Å². The van der Waals surface area contributed by atoms with E-state index in [0.717, 1.165) is 11.8 Å². The van der Waals surface area contributed by atoms with Crippen LogP contribution in [0.1, 0.15) is 20.3 Å². The van der Waals surface area contributed by atoms with Crippen molar-refractivity contribution >= 4 is 44.0 Å². The summed E-state index contributed by atoms with van der Waals surface area (Å²) in [5.74, 6) is -0.0614. The Hall–Kier alpha value is -0.260. The first kappa shape index (κ1) is 19.8. The Kier molecular flexibility index (Phi) is 5.69. The van der Waals surface area contributed by atoms with Crippen LogP contribution in [0.2, 0.25) is 0 Å². The van der Waals surface area contributed by atoms with Crippen LogP contribution >= 0.6 is 24.2 Å². The average Bonchev–Trinajstić information content (AvgIpc) is 2.72. The third-order valence-corrected chi connectivity index (χ3v) is 8.41. The summed E-state index contributed by atoms with van der Waals surface area (Å²) in [7, 11) is -7.34. The number of fused-ring (bicyclic) bond motifs is 1. The van der Waals surface area contributed by atoms with Crippen LogP contribution in [0.4, 0.5) is 0 Å². The van der Waals surface area contributed by atoms with Gasteiger partial charge in [0.2, 0.25) is 10.0 Å². The summed E-state index contributed by atoms with van der Waals surface area (Å²) in [4.78, 5) is 0. The highest BCUT2D eigenvalue weighted by molar-refractivity contribution is 8.24. The SMILES string of the molecule is CC(C)(O)CNC1=C2C=C(S(N)(=O)=O)SC2S(=O)(=O)CC1.Cl. The van der Waals surface area contributed by atoms with Crippen molar-refractivity contribution in [3.05, 3.63) is 21.6 Å². The van der Waals surface area contributed by atoms with E-state index in [4.69, 9.17) is 5.14 Å². The van der Waals surface area contributed by atoms with Crippen LogP contribution in [0.25, 0.3) is 0 Å². The van der Waals surface area contributed by atoms with Gasteiger partial charge >= 0.3 is 0 Å². The maximum Gasteiger partial charge on any atom is 0.244 e. The van der Waals surface area contributed by atoms with Gasteiger partial charge in [0, 0.05) is 24.2 Å². The first-order valence-corrected chi connectivity index (χ1v) is 10.4. The number of hydrogen-bond acceptors (Lipinski definition) is 7. The van der Waals surface area contributed by atoms with E-state index in [1.54, 1.807) is 13.8 Å². The molecule has 0 aromatic rings. The summed E-state index contributed by atoms with van der Waals surface area (Å²) in [6.07, 6.45) is 1.58. The Morgan fingerprint density at radius 1 is 1.50 bits per heavy atom. The molecule has 0 saturated carbocycles. The number of rotatable bonds is 4. The monoisotopic (exact) mass is 390 g/mol. The highest BCUT2D eigenvalue weighted by atomic mass is 35.5. The molecule has 0 amide bonds. The first-order chi connectivity index (χ1) is 9.40. The van der Waals surface area contributed by atoms with E-state index >= 15 is 0 Å². The molecule has 7 nitrogen and oxygen atoms in total. The number of sulfonamides is 1. The van der Waals surface area contributed by atoms with Gasteiger partial charge in [0.15, 0.2) is 9.84 Å². The number of aliphatic hydroxyl groups is 1. The van der Waals surface area contributed by atoms with Crippen molar-refractivity contribution in [2.75, 3.05) is 12.3 Å². The molecule has 0 aliphatic carbocycles. The van der Waals surface area contributed by atoms with Gasteiger partial charge in [0.05, 0.1) is 11.4 Å². The molecular formula is C11H19ClN2O5S3. The van der Waals surface area contributed by atoms with Crippen molar-refractivity contribution in [2.45, 2.75) is 30.5 Å². The lowest BCUT2D eigenvalue weighted by Crippen LogP contribution is -2.38. The molecule has 0 aromatic heterocycles. The maximum absolute atomic E-state index is 12.1. The van der Waals surface area contributed by atoms with Crippen molar-refractivity contribution in [1.29, 1.82) is 0 Å². The molecule has 1 atom stereocenters. The van der Waals surface area contributed by atoms with Gasteiger partial charge < -0.3 is 10.4 Å². The minimum Gasteiger partial charge on any atom is -0.389 e. The van der Waals surface area contributed by atoms with Gasteiger partial charge in [-0.05, 0) is 19.9 Å². The fourth-order valence-corrected chi connectivity index (χ4v) is 6.58. The second-order valence-corrected chi connectivity index (χ2v) is 11.1. The number of allylic oxidation sites excluding steroid dienone is 2.